The van der Waals surface area contributed by atoms with Crippen molar-refractivity contribution in [3.63, 3.8) is 0 Å². The predicted molar refractivity (Wildman–Crippen MR) is 46.6 cm³/mol. The second-order valence-electron chi connectivity index (χ2n) is 1.59. The number of hydrogen-bond acceptors (Lipinski definition) is 4. The molecule has 7 heteroatoms. The van der Waals surface area contributed by atoms with E-state index in [9.17, 15) is 4.79 Å². The lowest BCUT2D eigenvalue weighted by Gasteiger charge is -2.06. The van der Waals surface area contributed by atoms with Crippen molar-refractivity contribution in [2.75, 3.05) is 10.9 Å². The van der Waals surface area contributed by atoms with Crippen molar-refractivity contribution < 1.29 is 4.79 Å². The number of aromatic amines is 1. The van der Waals surface area contributed by atoms with Gasteiger partial charge < -0.3 is 0 Å². The zero-order valence-electron chi connectivity index (χ0n) is 5.28. The van der Waals surface area contributed by atoms with Crippen molar-refractivity contribution in [3.05, 3.63) is 3.95 Å². The number of carbonyl (C=O) groups is 1. The molecule has 0 spiro atoms. The maximum atomic E-state index is 10.3. The first-order chi connectivity index (χ1) is 5.27. The van der Waals surface area contributed by atoms with Crippen molar-refractivity contribution in [1.82, 2.24) is 10.2 Å². The van der Waals surface area contributed by atoms with Crippen LogP contribution in [0.1, 0.15) is 0 Å². The number of aromatic nitrogens is 2. The van der Waals surface area contributed by atoms with Crippen molar-refractivity contribution >= 4 is 46.7 Å². The number of halogens is 1. The van der Waals surface area contributed by atoms with Gasteiger partial charge in [-0.05, 0) is 12.2 Å². The van der Waals surface area contributed by atoms with E-state index in [1.165, 1.54) is 16.2 Å². The number of carbonyl (C=O) groups excluding carboxylic acids is 1. The third-order valence-electron chi connectivity index (χ3n) is 0.929. The molecule has 0 fully saturated rings. The molecule has 0 aliphatic rings. The van der Waals surface area contributed by atoms with Gasteiger partial charge in [0.05, 0.1) is 0 Å². The fraction of sp³-hybridized carbons (Fsp3) is 0.250. The highest BCUT2D eigenvalue weighted by Gasteiger charge is 2.05. The minimum Gasteiger partial charge on any atom is -0.278 e. The Morgan fingerprint density at radius 1 is 1.91 bits per heavy atom. The Bertz CT molecular complexity index is 296. The zero-order chi connectivity index (χ0) is 8.27. The summed E-state index contributed by atoms with van der Waals surface area (Å²) in [5.74, 6) is 0. The summed E-state index contributed by atoms with van der Waals surface area (Å²) in [5, 5.41) is 6.79. The lowest BCUT2D eigenvalue weighted by atomic mass is 10.9. The van der Waals surface area contributed by atoms with E-state index in [2.05, 4.69) is 10.2 Å². The number of H-pyrrole nitrogens is 1. The van der Waals surface area contributed by atoms with E-state index in [0.29, 0.717) is 15.5 Å². The van der Waals surface area contributed by atoms with Crippen LogP contribution >= 0.6 is 35.2 Å². The number of alkyl halides is 1. The second-order valence-corrected chi connectivity index (χ2v) is 3.47. The smallest absolute Gasteiger partial charge is 0.217 e. The molecular weight excluding hydrogens is 206 g/mol. The summed E-state index contributed by atoms with van der Waals surface area (Å²) in [7, 11) is 0. The van der Waals surface area contributed by atoms with Gasteiger partial charge in [-0.2, -0.15) is 0 Å². The highest BCUT2D eigenvalue weighted by atomic mass is 35.5. The molecule has 0 aromatic carbocycles. The quantitative estimate of drug-likeness (QED) is 0.354. The van der Waals surface area contributed by atoms with Crippen LogP contribution < -0.4 is 4.90 Å². The Labute approximate surface area is 76.8 Å². The Balaban J connectivity index is 2.90. The number of anilines is 1. The molecule has 4 nitrogen and oxygen atoms in total. The maximum absolute atomic E-state index is 10.3. The van der Waals surface area contributed by atoms with Crippen LogP contribution in [0, 0.1) is 3.95 Å². The fourth-order valence-corrected chi connectivity index (χ4v) is 1.55. The standard InChI is InChI=1S/C4H4ClN3OS2/c5-1-8(2-9)3-6-7-4(10)11-3/h2H,1H2,(H,7,10). The summed E-state index contributed by atoms with van der Waals surface area (Å²) in [4.78, 5) is 11.6. The molecule has 0 saturated carbocycles. The SMILES string of the molecule is O=CN(CCl)c1n[nH]c(=S)s1. The summed E-state index contributed by atoms with van der Waals surface area (Å²) < 4.78 is 0.525. The summed E-state index contributed by atoms with van der Waals surface area (Å²) in [6, 6.07) is 0.0830. The molecule has 0 radical (unpaired) electrons. The molecule has 0 unspecified atom stereocenters. The van der Waals surface area contributed by atoms with Crippen molar-refractivity contribution in [2.24, 2.45) is 0 Å². The average Bonchev–Trinajstić information content (AvgIpc) is 2.39. The maximum Gasteiger partial charge on any atom is 0.217 e. The van der Waals surface area contributed by atoms with E-state index in [-0.39, 0.29) is 6.00 Å². The van der Waals surface area contributed by atoms with Crippen molar-refractivity contribution in [2.45, 2.75) is 0 Å². The Hall–Kier alpha value is -0.460. The molecule has 1 amide bonds. The third kappa shape index (κ3) is 1.98. The Morgan fingerprint density at radius 3 is 3.00 bits per heavy atom. The number of amides is 1. The van der Waals surface area contributed by atoms with Crippen LogP contribution in [0.15, 0.2) is 0 Å². The molecule has 11 heavy (non-hydrogen) atoms. The van der Waals surface area contributed by atoms with Gasteiger partial charge >= 0.3 is 0 Å². The highest BCUT2D eigenvalue weighted by Crippen LogP contribution is 2.15. The van der Waals surface area contributed by atoms with E-state index in [1.807, 2.05) is 0 Å². The van der Waals surface area contributed by atoms with E-state index < -0.39 is 0 Å². The summed E-state index contributed by atoms with van der Waals surface area (Å²) in [6.07, 6.45) is 0.606. The summed E-state index contributed by atoms with van der Waals surface area (Å²) >= 11 is 11.4. The molecule has 0 saturated heterocycles. The topological polar surface area (TPSA) is 49.0 Å². The molecule has 1 aromatic heterocycles. The molecule has 0 aliphatic heterocycles. The molecule has 1 heterocycles. The minimum absolute atomic E-state index is 0.0830. The third-order valence-corrected chi connectivity index (χ3v) is 2.31. The van der Waals surface area contributed by atoms with Crippen LogP contribution in [-0.4, -0.2) is 22.6 Å². The van der Waals surface area contributed by atoms with Gasteiger partial charge in [-0.25, -0.2) is 0 Å². The van der Waals surface area contributed by atoms with Gasteiger partial charge in [0, 0.05) is 0 Å². The van der Waals surface area contributed by atoms with E-state index in [1.54, 1.807) is 0 Å². The van der Waals surface area contributed by atoms with Gasteiger partial charge in [0.2, 0.25) is 11.5 Å². The van der Waals surface area contributed by atoms with Crippen LogP contribution in [-0.2, 0) is 4.79 Å². The summed E-state index contributed by atoms with van der Waals surface area (Å²) in [5.41, 5.74) is 0. The predicted octanol–water partition coefficient (Wildman–Crippen LogP) is 1.36. The van der Waals surface area contributed by atoms with Crippen LogP contribution in [0.3, 0.4) is 0 Å². The number of hydrogen-bond donors (Lipinski definition) is 1. The van der Waals surface area contributed by atoms with Gasteiger partial charge in [0.25, 0.3) is 0 Å². The van der Waals surface area contributed by atoms with Crippen molar-refractivity contribution in [1.29, 1.82) is 0 Å². The summed E-state index contributed by atoms with van der Waals surface area (Å²) in [6.45, 7) is 0. The van der Waals surface area contributed by atoms with Gasteiger partial charge in [0.1, 0.15) is 6.00 Å². The first-order valence-corrected chi connectivity index (χ1v) is 4.37. The first-order valence-electron chi connectivity index (χ1n) is 2.61. The zero-order valence-corrected chi connectivity index (χ0v) is 7.67. The second kappa shape index (κ2) is 3.80. The molecule has 1 N–H and O–H groups in total. The van der Waals surface area contributed by atoms with Crippen molar-refractivity contribution in [3.8, 4) is 0 Å². The normalized spacial score (nSPS) is 9.55. The van der Waals surface area contributed by atoms with Gasteiger partial charge in [-0.3, -0.25) is 14.8 Å². The van der Waals surface area contributed by atoms with E-state index in [0.717, 1.165) is 0 Å². The van der Waals surface area contributed by atoms with Crippen LogP contribution in [0.5, 0.6) is 0 Å². The number of nitrogens with one attached hydrogen (secondary N) is 1. The van der Waals surface area contributed by atoms with E-state index >= 15 is 0 Å². The van der Waals surface area contributed by atoms with E-state index in [4.69, 9.17) is 23.8 Å². The number of nitrogens with zero attached hydrogens (tertiary/aromatic N) is 2. The molecule has 0 bridgehead atoms. The Kier molecular flexibility index (Phi) is 2.98. The molecule has 1 rings (SSSR count). The fourth-order valence-electron chi connectivity index (χ4n) is 0.469. The minimum atomic E-state index is 0.0830. The van der Waals surface area contributed by atoms with Gasteiger partial charge in [-0.15, -0.1) is 16.7 Å². The highest BCUT2D eigenvalue weighted by molar-refractivity contribution is 7.73. The van der Waals surface area contributed by atoms with Crippen LogP contribution in [0.2, 0.25) is 0 Å². The van der Waals surface area contributed by atoms with Crippen LogP contribution in [0.25, 0.3) is 0 Å². The largest absolute Gasteiger partial charge is 0.278 e. The van der Waals surface area contributed by atoms with Gasteiger partial charge in [-0.1, -0.05) is 11.3 Å². The lowest BCUT2D eigenvalue weighted by Crippen LogP contribution is -2.18. The molecule has 0 aliphatic carbocycles. The molecular formula is C4H4ClN3OS2. The lowest BCUT2D eigenvalue weighted by molar-refractivity contribution is -0.107. The molecule has 60 valence electrons. The first kappa shape index (κ1) is 8.63. The van der Waals surface area contributed by atoms with Gasteiger partial charge in [0.15, 0.2) is 3.95 Å². The number of rotatable bonds is 3. The van der Waals surface area contributed by atoms with Crippen LogP contribution in [0.4, 0.5) is 5.13 Å². The monoisotopic (exact) mass is 209 g/mol. The molecule has 0 atom stereocenters. The Morgan fingerprint density at radius 2 is 2.64 bits per heavy atom. The molecule has 1 aromatic rings. The average molecular weight is 210 g/mol.